The van der Waals surface area contributed by atoms with E-state index in [9.17, 15) is 18.0 Å². The number of hydrogen-bond donors (Lipinski definition) is 2. The summed E-state index contributed by atoms with van der Waals surface area (Å²) in [5.74, 6) is -0.598. The molecule has 1 amide bonds. The molecule has 1 aromatic heterocycles. The number of benzene rings is 2. The van der Waals surface area contributed by atoms with Gasteiger partial charge in [0.05, 0.1) is 11.3 Å². The van der Waals surface area contributed by atoms with E-state index in [1.165, 1.54) is 30.5 Å². The summed E-state index contributed by atoms with van der Waals surface area (Å²) in [6.45, 7) is 1.89. The Balaban J connectivity index is 1.81. The van der Waals surface area contributed by atoms with Crippen molar-refractivity contribution >= 4 is 23.2 Å². The fraction of sp³-hybridized carbons (Fsp3) is 0.105. The van der Waals surface area contributed by atoms with Crippen molar-refractivity contribution in [1.29, 1.82) is 0 Å². The predicted molar refractivity (Wildman–Crippen MR) is 95.9 cm³/mol. The van der Waals surface area contributed by atoms with E-state index in [0.717, 1.165) is 11.6 Å². The monoisotopic (exact) mass is 372 g/mol. The van der Waals surface area contributed by atoms with Gasteiger partial charge in [-0.3, -0.25) is 4.79 Å². The number of para-hydroxylation sites is 1. The van der Waals surface area contributed by atoms with Crippen LogP contribution >= 0.6 is 0 Å². The molecule has 0 unspecified atom stereocenters. The van der Waals surface area contributed by atoms with Gasteiger partial charge in [-0.1, -0.05) is 24.3 Å². The lowest BCUT2D eigenvalue weighted by atomic mass is 10.1. The number of nitrogens with one attached hydrogen (secondary N) is 2. The molecule has 0 bridgehead atoms. The Kier molecular flexibility index (Phi) is 5.07. The van der Waals surface area contributed by atoms with Crippen molar-refractivity contribution in [1.82, 2.24) is 9.97 Å². The van der Waals surface area contributed by atoms with Crippen molar-refractivity contribution in [3.05, 3.63) is 77.6 Å². The van der Waals surface area contributed by atoms with Crippen LogP contribution in [0.4, 0.5) is 30.5 Å². The maximum Gasteiger partial charge on any atom is 0.418 e. The van der Waals surface area contributed by atoms with Crippen molar-refractivity contribution in [2.45, 2.75) is 13.1 Å². The number of anilines is 3. The van der Waals surface area contributed by atoms with Crippen molar-refractivity contribution in [3.63, 3.8) is 0 Å². The second-order valence-electron chi connectivity index (χ2n) is 5.76. The van der Waals surface area contributed by atoms with Crippen molar-refractivity contribution < 1.29 is 18.0 Å². The summed E-state index contributed by atoms with van der Waals surface area (Å²) in [6, 6.07) is 13.6. The summed E-state index contributed by atoms with van der Waals surface area (Å²) in [4.78, 5) is 20.2. The zero-order valence-electron chi connectivity index (χ0n) is 14.2. The number of carbonyl (C=O) groups excluding carboxylic acids is 1. The molecule has 27 heavy (non-hydrogen) atoms. The Hall–Kier alpha value is -3.42. The SMILES string of the molecule is Cc1cccc(NC(=O)c2ccnc(Nc3ccccc3C(F)(F)F)n2)c1. The predicted octanol–water partition coefficient (Wildman–Crippen LogP) is 4.80. The number of hydrogen-bond acceptors (Lipinski definition) is 4. The zero-order valence-corrected chi connectivity index (χ0v) is 14.2. The molecule has 0 aliphatic heterocycles. The fourth-order valence-corrected chi connectivity index (χ4v) is 2.42. The van der Waals surface area contributed by atoms with Crippen LogP contribution in [0.2, 0.25) is 0 Å². The number of alkyl halides is 3. The van der Waals surface area contributed by atoms with Gasteiger partial charge < -0.3 is 10.6 Å². The fourth-order valence-electron chi connectivity index (χ4n) is 2.42. The molecule has 138 valence electrons. The first-order chi connectivity index (χ1) is 12.8. The highest BCUT2D eigenvalue weighted by atomic mass is 19.4. The summed E-state index contributed by atoms with van der Waals surface area (Å²) in [7, 11) is 0. The minimum atomic E-state index is -4.52. The normalized spacial score (nSPS) is 11.1. The number of nitrogens with zero attached hydrogens (tertiary/aromatic N) is 2. The third-order valence-electron chi connectivity index (χ3n) is 3.64. The van der Waals surface area contributed by atoms with Crippen molar-refractivity contribution in [3.8, 4) is 0 Å². The Morgan fingerprint density at radius 3 is 2.56 bits per heavy atom. The number of aryl methyl sites for hydroxylation is 1. The second-order valence-corrected chi connectivity index (χ2v) is 5.76. The first kappa shape index (κ1) is 18.4. The van der Waals surface area contributed by atoms with E-state index < -0.39 is 17.6 Å². The molecule has 0 aliphatic rings. The molecule has 0 saturated carbocycles. The molecule has 0 fully saturated rings. The zero-order chi connectivity index (χ0) is 19.4. The number of rotatable bonds is 4. The largest absolute Gasteiger partial charge is 0.418 e. The Morgan fingerprint density at radius 2 is 1.81 bits per heavy atom. The minimum absolute atomic E-state index is 0.0264. The number of aromatic nitrogens is 2. The number of halogens is 3. The van der Waals surface area contributed by atoms with Crippen LogP contribution in [-0.2, 0) is 6.18 Å². The van der Waals surface area contributed by atoms with E-state index in [4.69, 9.17) is 0 Å². The molecular weight excluding hydrogens is 357 g/mol. The van der Waals surface area contributed by atoms with Crippen molar-refractivity contribution in [2.75, 3.05) is 10.6 Å². The van der Waals surface area contributed by atoms with E-state index in [1.807, 2.05) is 13.0 Å². The van der Waals surface area contributed by atoms with Gasteiger partial charge in [0.25, 0.3) is 5.91 Å². The van der Waals surface area contributed by atoms with Gasteiger partial charge >= 0.3 is 6.18 Å². The molecule has 3 rings (SSSR count). The van der Waals surface area contributed by atoms with Gasteiger partial charge in [-0.25, -0.2) is 9.97 Å². The van der Waals surface area contributed by atoms with Crippen LogP contribution in [0.3, 0.4) is 0 Å². The summed E-state index contributed by atoms with van der Waals surface area (Å²) >= 11 is 0. The van der Waals surface area contributed by atoms with Crippen LogP contribution in [-0.4, -0.2) is 15.9 Å². The van der Waals surface area contributed by atoms with Crippen LogP contribution in [0.1, 0.15) is 21.6 Å². The second kappa shape index (κ2) is 7.45. The highest BCUT2D eigenvalue weighted by molar-refractivity contribution is 6.03. The average Bonchev–Trinajstić information content (AvgIpc) is 2.61. The van der Waals surface area contributed by atoms with E-state index in [2.05, 4.69) is 20.6 Å². The highest BCUT2D eigenvalue weighted by Gasteiger charge is 2.33. The van der Waals surface area contributed by atoms with Gasteiger partial charge in [0.2, 0.25) is 5.95 Å². The average molecular weight is 372 g/mol. The van der Waals surface area contributed by atoms with E-state index in [1.54, 1.807) is 18.2 Å². The molecule has 0 atom stereocenters. The molecule has 0 radical (unpaired) electrons. The van der Waals surface area contributed by atoms with Crippen LogP contribution in [0, 0.1) is 6.92 Å². The van der Waals surface area contributed by atoms with E-state index in [0.29, 0.717) is 5.69 Å². The topological polar surface area (TPSA) is 66.9 Å². The standard InChI is InChI=1S/C19H15F3N4O/c1-12-5-4-6-13(11-12)24-17(27)16-9-10-23-18(26-16)25-15-8-3-2-7-14(15)19(20,21)22/h2-11H,1H3,(H,24,27)(H,23,25,26). The molecule has 8 heteroatoms. The Bertz CT molecular complexity index is 973. The molecule has 5 nitrogen and oxygen atoms in total. The molecule has 3 aromatic rings. The van der Waals surface area contributed by atoms with Gasteiger partial charge in [-0.2, -0.15) is 13.2 Å². The van der Waals surface area contributed by atoms with Crippen LogP contribution < -0.4 is 10.6 Å². The lowest BCUT2D eigenvalue weighted by Gasteiger charge is -2.13. The maximum absolute atomic E-state index is 13.1. The minimum Gasteiger partial charge on any atom is -0.324 e. The molecule has 0 saturated heterocycles. The summed E-state index contributed by atoms with van der Waals surface area (Å²) < 4.78 is 39.3. The maximum atomic E-state index is 13.1. The smallest absolute Gasteiger partial charge is 0.324 e. The van der Waals surface area contributed by atoms with Gasteiger partial charge in [-0.05, 0) is 42.8 Å². The van der Waals surface area contributed by atoms with Gasteiger partial charge in [0.1, 0.15) is 5.69 Å². The summed E-state index contributed by atoms with van der Waals surface area (Å²) in [5.41, 5.74) is 0.556. The highest BCUT2D eigenvalue weighted by Crippen LogP contribution is 2.35. The van der Waals surface area contributed by atoms with Crippen molar-refractivity contribution in [2.24, 2.45) is 0 Å². The number of amides is 1. The quantitative estimate of drug-likeness (QED) is 0.690. The third kappa shape index (κ3) is 4.60. The van der Waals surface area contributed by atoms with Gasteiger partial charge in [0.15, 0.2) is 0 Å². The van der Waals surface area contributed by atoms with Gasteiger partial charge in [0, 0.05) is 11.9 Å². The molecular formula is C19H15F3N4O. The molecule has 0 spiro atoms. The molecule has 2 N–H and O–H groups in total. The van der Waals surface area contributed by atoms with E-state index in [-0.39, 0.29) is 17.3 Å². The van der Waals surface area contributed by atoms with Gasteiger partial charge in [-0.15, -0.1) is 0 Å². The Labute approximate surface area is 153 Å². The van der Waals surface area contributed by atoms with Crippen LogP contribution in [0.5, 0.6) is 0 Å². The van der Waals surface area contributed by atoms with Crippen LogP contribution in [0.15, 0.2) is 60.8 Å². The lowest BCUT2D eigenvalue weighted by molar-refractivity contribution is -0.136. The lowest BCUT2D eigenvalue weighted by Crippen LogP contribution is -2.15. The summed E-state index contributed by atoms with van der Waals surface area (Å²) in [5, 5.41) is 5.21. The third-order valence-corrected chi connectivity index (χ3v) is 3.64. The first-order valence-corrected chi connectivity index (χ1v) is 7.97. The summed E-state index contributed by atoms with van der Waals surface area (Å²) in [6.07, 6.45) is -3.22. The molecule has 0 aliphatic carbocycles. The molecule has 2 aromatic carbocycles. The Morgan fingerprint density at radius 1 is 1.04 bits per heavy atom. The van der Waals surface area contributed by atoms with Crippen LogP contribution in [0.25, 0.3) is 0 Å². The molecule has 1 heterocycles. The first-order valence-electron chi connectivity index (χ1n) is 7.97. The van der Waals surface area contributed by atoms with E-state index >= 15 is 0 Å². The number of carbonyl (C=O) groups is 1.